The third kappa shape index (κ3) is 3.63. The number of hydrogen-bond acceptors (Lipinski definition) is 3. The summed E-state index contributed by atoms with van der Waals surface area (Å²) >= 11 is 0. The van der Waals surface area contributed by atoms with E-state index in [1.807, 2.05) is 32.0 Å². The molecule has 112 valence electrons. The summed E-state index contributed by atoms with van der Waals surface area (Å²) in [5.74, 6) is 5.93. The van der Waals surface area contributed by atoms with Crippen molar-refractivity contribution < 1.29 is 9.90 Å². The third-order valence-electron chi connectivity index (χ3n) is 3.94. The lowest BCUT2D eigenvalue weighted by Gasteiger charge is -2.34. The molecule has 0 spiro atoms. The van der Waals surface area contributed by atoms with E-state index in [0.29, 0.717) is 24.2 Å². The van der Waals surface area contributed by atoms with Crippen LogP contribution in [0.15, 0.2) is 18.2 Å². The van der Waals surface area contributed by atoms with Crippen LogP contribution in [-0.4, -0.2) is 41.7 Å². The minimum Gasteiger partial charge on any atom is -0.391 e. The molecule has 1 aromatic carbocycles. The lowest BCUT2D eigenvalue weighted by atomic mass is 9.95. The van der Waals surface area contributed by atoms with Crippen molar-refractivity contribution in [2.45, 2.75) is 26.4 Å². The summed E-state index contributed by atoms with van der Waals surface area (Å²) in [6.45, 7) is 5.29. The summed E-state index contributed by atoms with van der Waals surface area (Å²) < 4.78 is 0. The van der Waals surface area contributed by atoms with Crippen LogP contribution in [0.5, 0.6) is 0 Å². The smallest absolute Gasteiger partial charge is 0.255 e. The standard InChI is InChI=1S/C17H22N2O2/c1-12-5-6-14(4-3-8-18)15(10-12)17(21)19-9-7-13(2)16(20)11-19/h5-6,10,13,16,20H,7-9,11,18H2,1-2H3. The van der Waals surface area contributed by atoms with Gasteiger partial charge in [0.1, 0.15) is 0 Å². The van der Waals surface area contributed by atoms with E-state index >= 15 is 0 Å². The molecule has 1 fully saturated rings. The Kier molecular flexibility index (Phi) is 5.00. The van der Waals surface area contributed by atoms with E-state index in [1.54, 1.807) is 4.90 Å². The van der Waals surface area contributed by atoms with Gasteiger partial charge in [0.05, 0.1) is 18.2 Å². The molecule has 1 amide bonds. The highest BCUT2D eigenvalue weighted by molar-refractivity contribution is 5.97. The van der Waals surface area contributed by atoms with Crippen LogP contribution in [0.25, 0.3) is 0 Å². The minimum atomic E-state index is -0.453. The minimum absolute atomic E-state index is 0.0639. The van der Waals surface area contributed by atoms with Gasteiger partial charge in [-0.05, 0) is 31.4 Å². The maximum absolute atomic E-state index is 12.7. The molecule has 0 radical (unpaired) electrons. The van der Waals surface area contributed by atoms with Crippen LogP contribution in [0.3, 0.4) is 0 Å². The van der Waals surface area contributed by atoms with Gasteiger partial charge in [0.2, 0.25) is 0 Å². The first kappa shape index (κ1) is 15.6. The molecular weight excluding hydrogens is 264 g/mol. The summed E-state index contributed by atoms with van der Waals surface area (Å²) in [6, 6.07) is 5.64. The number of carbonyl (C=O) groups excluding carboxylic acids is 1. The molecule has 0 saturated carbocycles. The van der Waals surface area contributed by atoms with Crippen LogP contribution in [0.1, 0.15) is 34.8 Å². The van der Waals surface area contributed by atoms with Crippen LogP contribution in [0, 0.1) is 24.7 Å². The van der Waals surface area contributed by atoms with Crippen LogP contribution in [0.2, 0.25) is 0 Å². The third-order valence-corrected chi connectivity index (χ3v) is 3.94. The van der Waals surface area contributed by atoms with E-state index in [2.05, 4.69) is 11.8 Å². The molecule has 1 heterocycles. The second-order valence-electron chi connectivity index (χ2n) is 5.64. The SMILES string of the molecule is Cc1ccc(C#CCN)c(C(=O)N2CCC(C)C(O)C2)c1. The highest BCUT2D eigenvalue weighted by Gasteiger charge is 2.28. The Balaban J connectivity index is 2.28. The number of carbonyl (C=O) groups is 1. The molecule has 1 saturated heterocycles. The second-order valence-corrected chi connectivity index (χ2v) is 5.64. The normalized spacial score (nSPS) is 21.6. The summed E-state index contributed by atoms with van der Waals surface area (Å²) in [6.07, 6.45) is 0.369. The maximum atomic E-state index is 12.7. The average Bonchev–Trinajstić information content (AvgIpc) is 2.48. The van der Waals surface area contributed by atoms with Crippen molar-refractivity contribution in [1.29, 1.82) is 0 Å². The fourth-order valence-corrected chi connectivity index (χ4v) is 2.49. The quantitative estimate of drug-likeness (QED) is 0.761. The predicted molar refractivity (Wildman–Crippen MR) is 82.8 cm³/mol. The molecule has 1 aliphatic rings. The Labute approximate surface area is 125 Å². The Morgan fingerprint density at radius 1 is 1.52 bits per heavy atom. The molecule has 2 rings (SSSR count). The molecule has 2 atom stereocenters. The highest BCUT2D eigenvalue weighted by Crippen LogP contribution is 2.21. The van der Waals surface area contributed by atoms with Crippen LogP contribution in [-0.2, 0) is 0 Å². The molecule has 4 nitrogen and oxygen atoms in total. The number of piperidine rings is 1. The molecule has 2 unspecified atom stereocenters. The maximum Gasteiger partial charge on any atom is 0.255 e. The fraction of sp³-hybridized carbons (Fsp3) is 0.471. The molecular formula is C17H22N2O2. The van der Waals surface area contributed by atoms with Gasteiger partial charge in [0.15, 0.2) is 0 Å². The molecule has 1 aliphatic heterocycles. The van der Waals surface area contributed by atoms with Gasteiger partial charge >= 0.3 is 0 Å². The van der Waals surface area contributed by atoms with Gasteiger partial charge in [0, 0.05) is 18.7 Å². The number of aliphatic hydroxyl groups is 1. The zero-order chi connectivity index (χ0) is 15.4. The van der Waals surface area contributed by atoms with Crippen molar-refractivity contribution >= 4 is 5.91 Å². The molecule has 0 aliphatic carbocycles. The summed E-state index contributed by atoms with van der Waals surface area (Å²) in [4.78, 5) is 14.4. The Bertz CT molecular complexity index is 586. The highest BCUT2D eigenvalue weighted by atomic mass is 16.3. The van der Waals surface area contributed by atoms with Gasteiger partial charge in [-0.2, -0.15) is 0 Å². The van der Waals surface area contributed by atoms with Crippen LogP contribution >= 0.6 is 0 Å². The number of rotatable bonds is 1. The fourth-order valence-electron chi connectivity index (χ4n) is 2.49. The van der Waals surface area contributed by atoms with Crippen molar-refractivity contribution in [1.82, 2.24) is 4.90 Å². The lowest BCUT2D eigenvalue weighted by molar-refractivity contribution is 0.0248. The summed E-state index contributed by atoms with van der Waals surface area (Å²) in [5.41, 5.74) is 7.72. The van der Waals surface area contributed by atoms with Crippen molar-refractivity contribution in [2.75, 3.05) is 19.6 Å². The Hall–Kier alpha value is -1.83. The number of benzene rings is 1. The van der Waals surface area contributed by atoms with E-state index in [1.165, 1.54) is 0 Å². The molecule has 4 heteroatoms. The number of amides is 1. The summed E-state index contributed by atoms with van der Waals surface area (Å²) in [5, 5.41) is 9.97. The van der Waals surface area contributed by atoms with Gasteiger partial charge in [-0.25, -0.2) is 0 Å². The average molecular weight is 286 g/mol. The Morgan fingerprint density at radius 3 is 2.95 bits per heavy atom. The van der Waals surface area contributed by atoms with E-state index in [0.717, 1.165) is 12.0 Å². The van der Waals surface area contributed by atoms with Gasteiger partial charge in [-0.1, -0.05) is 30.4 Å². The number of aryl methyl sites for hydroxylation is 1. The molecule has 3 N–H and O–H groups in total. The molecule has 0 aromatic heterocycles. The molecule has 1 aromatic rings. The van der Waals surface area contributed by atoms with E-state index in [9.17, 15) is 9.90 Å². The first-order valence-electron chi connectivity index (χ1n) is 7.30. The number of aliphatic hydroxyl groups excluding tert-OH is 1. The summed E-state index contributed by atoms with van der Waals surface area (Å²) in [7, 11) is 0. The van der Waals surface area contributed by atoms with E-state index in [-0.39, 0.29) is 18.4 Å². The van der Waals surface area contributed by atoms with Crippen LogP contribution in [0.4, 0.5) is 0 Å². The first-order valence-corrected chi connectivity index (χ1v) is 7.30. The second kappa shape index (κ2) is 6.75. The number of β-amino-alcohol motifs (C(OH)–C–C–N with tert-alkyl or cyclic N) is 1. The van der Waals surface area contributed by atoms with Gasteiger partial charge in [-0.15, -0.1) is 0 Å². The zero-order valence-electron chi connectivity index (χ0n) is 12.6. The van der Waals surface area contributed by atoms with Crippen molar-refractivity contribution in [3.05, 3.63) is 34.9 Å². The lowest BCUT2D eigenvalue weighted by Crippen LogP contribution is -2.46. The first-order chi connectivity index (χ1) is 10.0. The van der Waals surface area contributed by atoms with Crippen molar-refractivity contribution in [3.63, 3.8) is 0 Å². The zero-order valence-corrected chi connectivity index (χ0v) is 12.6. The number of likely N-dealkylation sites (tertiary alicyclic amines) is 1. The number of nitrogens with zero attached hydrogens (tertiary/aromatic N) is 1. The number of nitrogens with two attached hydrogens (primary N) is 1. The van der Waals surface area contributed by atoms with Gasteiger partial charge in [0.25, 0.3) is 5.91 Å². The predicted octanol–water partition coefficient (Wildman–Crippen LogP) is 1.15. The molecule has 21 heavy (non-hydrogen) atoms. The van der Waals surface area contributed by atoms with E-state index < -0.39 is 6.10 Å². The molecule has 0 bridgehead atoms. The topological polar surface area (TPSA) is 66.6 Å². The van der Waals surface area contributed by atoms with E-state index in [4.69, 9.17) is 5.73 Å². The van der Waals surface area contributed by atoms with Crippen molar-refractivity contribution in [2.24, 2.45) is 11.7 Å². The van der Waals surface area contributed by atoms with Gasteiger partial charge in [-0.3, -0.25) is 4.79 Å². The van der Waals surface area contributed by atoms with Gasteiger partial charge < -0.3 is 15.7 Å². The Morgan fingerprint density at radius 2 is 2.29 bits per heavy atom. The van der Waals surface area contributed by atoms with Crippen molar-refractivity contribution in [3.8, 4) is 11.8 Å². The van der Waals surface area contributed by atoms with Crippen LogP contribution < -0.4 is 5.73 Å². The largest absolute Gasteiger partial charge is 0.391 e. The monoisotopic (exact) mass is 286 g/mol. The number of hydrogen-bond donors (Lipinski definition) is 2.